The molecule has 19 heavy (non-hydrogen) atoms. The zero-order valence-electron chi connectivity index (χ0n) is 11.4. The molecule has 2 N–H and O–H groups in total. The van der Waals surface area contributed by atoms with Gasteiger partial charge in [-0.05, 0) is 42.7 Å². The maximum atomic E-state index is 6.13. The number of thioether (sulfide) groups is 1. The molecule has 0 aliphatic heterocycles. The number of pyridine rings is 1. The summed E-state index contributed by atoms with van der Waals surface area (Å²) in [4.78, 5) is 4.07. The number of nitrogens with zero attached hydrogens (tertiary/aromatic N) is 1. The molecular weight excluding hydrogens is 252 g/mol. The van der Waals surface area contributed by atoms with Crippen LogP contribution in [0.4, 0.5) is 0 Å². The minimum absolute atomic E-state index is 0.122. The zero-order chi connectivity index (χ0) is 13.7. The second kappa shape index (κ2) is 6.73. The van der Waals surface area contributed by atoms with Crippen LogP contribution in [-0.2, 0) is 5.75 Å². The summed E-state index contributed by atoms with van der Waals surface area (Å²) >= 11 is 1.90. The smallest absolute Gasteiger partial charge is 0.0450 e. The van der Waals surface area contributed by atoms with Crippen molar-refractivity contribution in [1.82, 2.24) is 4.98 Å². The van der Waals surface area contributed by atoms with E-state index in [0.29, 0.717) is 5.25 Å². The minimum atomic E-state index is 0.122. The van der Waals surface area contributed by atoms with Crippen molar-refractivity contribution in [2.24, 2.45) is 5.73 Å². The Hall–Kier alpha value is -1.32. The van der Waals surface area contributed by atoms with Gasteiger partial charge in [0, 0.05) is 29.4 Å². The van der Waals surface area contributed by atoms with Gasteiger partial charge in [-0.25, -0.2) is 0 Å². The molecule has 0 saturated carbocycles. The second-order valence-electron chi connectivity index (χ2n) is 4.80. The van der Waals surface area contributed by atoms with Crippen LogP contribution in [0.3, 0.4) is 0 Å². The molecule has 2 nitrogen and oxygen atoms in total. The molecule has 0 aliphatic rings. The molecule has 0 fully saturated rings. The van der Waals surface area contributed by atoms with Crippen molar-refractivity contribution in [3.63, 3.8) is 0 Å². The lowest BCUT2D eigenvalue weighted by atomic mass is 10.1. The van der Waals surface area contributed by atoms with E-state index in [9.17, 15) is 0 Å². The van der Waals surface area contributed by atoms with E-state index in [0.717, 1.165) is 5.75 Å². The van der Waals surface area contributed by atoms with Crippen LogP contribution in [0.2, 0.25) is 0 Å². The van der Waals surface area contributed by atoms with Crippen molar-refractivity contribution in [2.75, 3.05) is 0 Å². The molecule has 2 rings (SSSR count). The Bertz CT molecular complexity index is 511. The van der Waals surface area contributed by atoms with Gasteiger partial charge in [0.1, 0.15) is 0 Å². The van der Waals surface area contributed by atoms with Gasteiger partial charge in [-0.3, -0.25) is 4.98 Å². The van der Waals surface area contributed by atoms with Crippen LogP contribution in [0, 0.1) is 6.92 Å². The molecule has 2 atom stereocenters. The van der Waals surface area contributed by atoms with E-state index in [2.05, 4.69) is 55.2 Å². The number of nitrogens with two attached hydrogens (primary N) is 1. The van der Waals surface area contributed by atoms with Gasteiger partial charge >= 0.3 is 0 Å². The zero-order valence-corrected chi connectivity index (χ0v) is 12.2. The lowest BCUT2D eigenvalue weighted by Crippen LogP contribution is -2.22. The third kappa shape index (κ3) is 3.82. The van der Waals surface area contributed by atoms with E-state index in [1.165, 1.54) is 16.7 Å². The first-order valence-corrected chi connectivity index (χ1v) is 7.55. The van der Waals surface area contributed by atoms with Crippen LogP contribution in [0.1, 0.15) is 28.9 Å². The van der Waals surface area contributed by atoms with Crippen LogP contribution in [0.5, 0.6) is 0 Å². The number of hydrogen-bond donors (Lipinski definition) is 1. The quantitative estimate of drug-likeness (QED) is 0.901. The molecule has 1 aromatic carbocycles. The number of aromatic nitrogens is 1. The molecule has 3 heteroatoms. The second-order valence-corrected chi connectivity index (χ2v) is 5.93. The first-order valence-electron chi connectivity index (χ1n) is 6.50. The number of hydrogen-bond acceptors (Lipinski definition) is 3. The molecule has 2 aromatic rings. The Kier molecular flexibility index (Phi) is 5.00. The Balaban J connectivity index is 2.09. The average Bonchev–Trinajstić information content (AvgIpc) is 2.42. The maximum absolute atomic E-state index is 6.13. The van der Waals surface area contributed by atoms with Crippen LogP contribution in [-0.4, -0.2) is 11.0 Å². The normalized spacial score (nSPS) is 14.1. The van der Waals surface area contributed by atoms with Crippen molar-refractivity contribution in [3.8, 4) is 0 Å². The minimum Gasteiger partial charge on any atom is -0.327 e. The van der Waals surface area contributed by atoms with Gasteiger partial charge in [0.25, 0.3) is 0 Å². The topological polar surface area (TPSA) is 38.9 Å². The molecule has 1 aromatic heterocycles. The predicted octanol–water partition coefficient (Wildman–Crippen LogP) is 3.71. The summed E-state index contributed by atoms with van der Waals surface area (Å²) in [5.41, 5.74) is 10.1. The number of benzene rings is 1. The standard InChI is InChI=1S/C16H20N2S/c1-12-5-3-4-6-15(12)11-19-16(13(2)17)14-7-9-18-10-8-14/h3-10,13,16H,11,17H2,1-2H3. The number of aryl methyl sites for hydroxylation is 1. The van der Waals surface area contributed by atoms with Crippen molar-refractivity contribution < 1.29 is 0 Å². The van der Waals surface area contributed by atoms with E-state index in [1.54, 1.807) is 0 Å². The van der Waals surface area contributed by atoms with Gasteiger partial charge in [-0.1, -0.05) is 24.3 Å². The summed E-state index contributed by atoms with van der Waals surface area (Å²) in [6, 6.07) is 12.7. The number of rotatable bonds is 5. The first-order chi connectivity index (χ1) is 9.18. The van der Waals surface area contributed by atoms with Crippen LogP contribution < -0.4 is 5.73 Å². The molecule has 0 saturated heterocycles. The Morgan fingerprint density at radius 1 is 1.16 bits per heavy atom. The summed E-state index contributed by atoms with van der Waals surface area (Å²) in [5, 5.41) is 0.308. The SMILES string of the molecule is Cc1ccccc1CSC(c1ccncc1)C(C)N. The lowest BCUT2D eigenvalue weighted by Gasteiger charge is -2.21. The summed E-state index contributed by atoms with van der Waals surface area (Å²) in [6.07, 6.45) is 3.66. The lowest BCUT2D eigenvalue weighted by molar-refractivity contribution is 0.720. The maximum Gasteiger partial charge on any atom is 0.0450 e. The molecule has 0 aliphatic carbocycles. The molecule has 2 unspecified atom stereocenters. The van der Waals surface area contributed by atoms with Crippen molar-refractivity contribution >= 4 is 11.8 Å². The molecular formula is C16H20N2S. The van der Waals surface area contributed by atoms with Gasteiger partial charge < -0.3 is 5.73 Å². The fourth-order valence-corrected chi connectivity index (χ4v) is 3.39. The highest BCUT2D eigenvalue weighted by molar-refractivity contribution is 7.98. The molecule has 0 spiro atoms. The van der Waals surface area contributed by atoms with Crippen molar-refractivity contribution in [1.29, 1.82) is 0 Å². The molecule has 0 radical (unpaired) electrons. The Morgan fingerprint density at radius 3 is 2.47 bits per heavy atom. The monoisotopic (exact) mass is 272 g/mol. The van der Waals surface area contributed by atoms with Crippen molar-refractivity contribution in [3.05, 3.63) is 65.5 Å². The largest absolute Gasteiger partial charge is 0.327 e. The molecule has 100 valence electrons. The van der Waals surface area contributed by atoms with Gasteiger partial charge in [0.15, 0.2) is 0 Å². The third-order valence-corrected chi connectivity index (χ3v) is 4.73. The van der Waals surface area contributed by atoms with E-state index in [1.807, 2.05) is 24.2 Å². The third-order valence-electron chi connectivity index (χ3n) is 3.19. The van der Waals surface area contributed by atoms with Gasteiger partial charge in [0.05, 0.1) is 0 Å². The van der Waals surface area contributed by atoms with E-state index in [-0.39, 0.29) is 6.04 Å². The van der Waals surface area contributed by atoms with Crippen LogP contribution >= 0.6 is 11.8 Å². The molecule has 1 heterocycles. The molecule has 0 amide bonds. The Labute approximate surface area is 119 Å². The van der Waals surface area contributed by atoms with Crippen LogP contribution in [0.25, 0.3) is 0 Å². The highest BCUT2D eigenvalue weighted by atomic mass is 32.2. The van der Waals surface area contributed by atoms with Gasteiger partial charge in [0.2, 0.25) is 0 Å². The van der Waals surface area contributed by atoms with Crippen LogP contribution in [0.15, 0.2) is 48.8 Å². The first kappa shape index (κ1) is 14.1. The Morgan fingerprint density at radius 2 is 1.84 bits per heavy atom. The van der Waals surface area contributed by atoms with E-state index >= 15 is 0 Å². The fraction of sp³-hybridized carbons (Fsp3) is 0.312. The summed E-state index contributed by atoms with van der Waals surface area (Å²) in [6.45, 7) is 4.22. The summed E-state index contributed by atoms with van der Waals surface area (Å²) < 4.78 is 0. The van der Waals surface area contributed by atoms with Gasteiger partial charge in [-0.15, -0.1) is 11.8 Å². The highest BCUT2D eigenvalue weighted by Crippen LogP contribution is 2.33. The fourth-order valence-electron chi connectivity index (χ4n) is 2.06. The predicted molar refractivity (Wildman–Crippen MR) is 83.1 cm³/mol. The van der Waals surface area contributed by atoms with E-state index < -0.39 is 0 Å². The van der Waals surface area contributed by atoms with Gasteiger partial charge in [-0.2, -0.15) is 0 Å². The van der Waals surface area contributed by atoms with E-state index in [4.69, 9.17) is 5.73 Å². The average molecular weight is 272 g/mol. The summed E-state index contributed by atoms with van der Waals surface area (Å²) in [7, 11) is 0. The van der Waals surface area contributed by atoms with Crippen molar-refractivity contribution in [2.45, 2.75) is 30.9 Å². The summed E-state index contributed by atoms with van der Waals surface area (Å²) in [5.74, 6) is 0.987. The highest BCUT2D eigenvalue weighted by Gasteiger charge is 2.16. The molecule has 0 bridgehead atoms.